The fourth-order valence-corrected chi connectivity index (χ4v) is 1.59. The minimum absolute atomic E-state index is 0.171. The van der Waals surface area contributed by atoms with Gasteiger partial charge >= 0.3 is 5.97 Å². The largest absolute Gasteiger partial charge is 0.478 e. The van der Waals surface area contributed by atoms with Crippen LogP contribution < -0.4 is 0 Å². The molecule has 0 radical (unpaired) electrons. The normalized spacial score (nSPS) is 11.1. The van der Waals surface area contributed by atoms with Crippen LogP contribution in [0.4, 0.5) is 0 Å². The zero-order valence-corrected chi connectivity index (χ0v) is 8.48. The Bertz CT molecular complexity index is 516. The molecule has 2 rings (SSSR count). The molecule has 0 aromatic carbocycles. The minimum Gasteiger partial charge on any atom is -0.478 e. The quantitative estimate of drug-likeness (QED) is 0.783. The number of aromatic amines is 1. The van der Waals surface area contributed by atoms with Gasteiger partial charge in [-0.15, -0.1) is 0 Å². The standard InChI is InChI=1S/C10H11N3O2/c1-5(2)8-7-6(10(14)15)3-11-9(7)13-4-12-8/h3-5H,1-2H3,(H,14,15)(H,11,12,13). The van der Waals surface area contributed by atoms with Gasteiger partial charge in [-0.1, -0.05) is 13.8 Å². The van der Waals surface area contributed by atoms with Crippen LogP contribution in [0.1, 0.15) is 35.8 Å². The van der Waals surface area contributed by atoms with Gasteiger partial charge in [0.1, 0.15) is 12.0 Å². The van der Waals surface area contributed by atoms with E-state index < -0.39 is 5.97 Å². The first-order valence-electron chi connectivity index (χ1n) is 4.66. The molecule has 0 amide bonds. The summed E-state index contributed by atoms with van der Waals surface area (Å²) in [6.07, 6.45) is 2.90. The van der Waals surface area contributed by atoms with Gasteiger partial charge in [0.25, 0.3) is 0 Å². The van der Waals surface area contributed by atoms with E-state index >= 15 is 0 Å². The topological polar surface area (TPSA) is 78.9 Å². The van der Waals surface area contributed by atoms with Crippen LogP contribution in [0.3, 0.4) is 0 Å². The SMILES string of the molecule is CC(C)c1ncnc2[nH]cc(C(=O)O)c12. The summed E-state index contributed by atoms with van der Waals surface area (Å²) < 4.78 is 0. The van der Waals surface area contributed by atoms with Gasteiger partial charge in [0, 0.05) is 6.20 Å². The number of hydrogen-bond acceptors (Lipinski definition) is 3. The van der Waals surface area contributed by atoms with Crippen LogP contribution in [-0.4, -0.2) is 26.0 Å². The number of aromatic nitrogens is 3. The Morgan fingerprint density at radius 2 is 2.20 bits per heavy atom. The van der Waals surface area contributed by atoms with Crippen LogP contribution in [0.2, 0.25) is 0 Å². The first-order chi connectivity index (χ1) is 7.11. The van der Waals surface area contributed by atoms with Gasteiger partial charge in [-0.3, -0.25) is 0 Å². The molecule has 5 nitrogen and oxygen atoms in total. The van der Waals surface area contributed by atoms with Crippen molar-refractivity contribution in [3.05, 3.63) is 23.8 Å². The van der Waals surface area contributed by atoms with Crippen LogP contribution in [0.15, 0.2) is 12.5 Å². The fraction of sp³-hybridized carbons (Fsp3) is 0.300. The van der Waals surface area contributed by atoms with E-state index in [1.807, 2.05) is 13.8 Å². The second kappa shape index (κ2) is 3.34. The molecule has 0 spiro atoms. The monoisotopic (exact) mass is 205 g/mol. The molecular weight excluding hydrogens is 194 g/mol. The van der Waals surface area contributed by atoms with Crippen molar-refractivity contribution >= 4 is 17.0 Å². The van der Waals surface area contributed by atoms with Gasteiger partial charge in [0.2, 0.25) is 0 Å². The fourth-order valence-electron chi connectivity index (χ4n) is 1.59. The van der Waals surface area contributed by atoms with Crippen molar-refractivity contribution < 1.29 is 9.90 Å². The van der Waals surface area contributed by atoms with Crippen LogP contribution >= 0.6 is 0 Å². The third-order valence-corrected chi connectivity index (χ3v) is 2.28. The zero-order chi connectivity index (χ0) is 11.0. The molecule has 2 heterocycles. The summed E-state index contributed by atoms with van der Waals surface area (Å²) in [4.78, 5) is 21.9. The number of hydrogen-bond donors (Lipinski definition) is 2. The van der Waals surface area contributed by atoms with E-state index in [-0.39, 0.29) is 11.5 Å². The van der Waals surface area contributed by atoms with Gasteiger partial charge in [-0.2, -0.15) is 0 Å². The van der Waals surface area contributed by atoms with Gasteiger partial charge < -0.3 is 10.1 Å². The number of aromatic carboxylic acids is 1. The summed E-state index contributed by atoms with van der Waals surface area (Å²) in [5.41, 5.74) is 1.57. The van der Waals surface area contributed by atoms with E-state index in [1.165, 1.54) is 12.5 Å². The van der Waals surface area contributed by atoms with E-state index in [0.29, 0.717) is 11.0 Å². The molecule has 0 aliphatic carbocycles. The van der Waals surface area contributed by atoms with Crippen molar-refractivity contribution in [3.63, 3.8) is 0 Å². The predicted molar refractivity (Wildman–Crippen MR) is 54.9 cm³/mol. The van der Waals surface area contributed by atoms with E-state index in [0.717, 1.165) is 5.69 Å². The number of carbonyl (C=O) groups is 1. The third kappa shape index (κ3) is 1.45. The van der Waals surface area contributed by atoms with E-state index in [9.17, 15) is 4.79 Å². The number of nitrogens with zero attached hydrogens (tertiary/aromatic N) is 2. The van der Waals surface area contributed by atoms with Gasteiger partial charge in [0.05, 0.1) is 16.6 Å². The molecule has 0 fully saturated rings. The second-order valence-electron chi connectivity index (χ2n) is 3.64. The Kier molecular flexibility index (Phi) is 2.15. The molecule has 15 heavy (non-hydrogen) atoms. The molecule has 2 aromatic heterocycles. The van der Waals surface area contributed by atoms with Crippen molar-refractivity contribution in [2.45, 2.75) is 19.8 Å². The number of carboxylic acid groups (broad SMARTS) is 1. The van der Waals surface area contributed by atoms with Crippen LogP contribution in [0.25, 0.3) is 11.0 Å². The maximum Gasteiger partial charge on any atom is 0.338 e. The first-order valence-corrected chi connectivity index (χ1v) is 4.66. The van der Waals surface area contributed by atoms with Crippen LogP contribution in [0, 0.1) is 0 Å². The van der Waals surface area contributed by atoms with Crippen molar-refractivity contribution in [2.75, 3.05) is 0 Å². The summed E-state index contributed by atoms with van der Waals surface area (Å²) in [7, 11) is 0. The van der Waals surface area contributed by atoms with Crippen LogP contribution in [0.5, 0.6) is 0 Å². The number of rotatable bonds is 2. The Labute approximate surface area is 86.2 Å². The summed E-state index contributed by atoms with van der Waals surface area (Å²) >= 11 is 0. The average Bonchev–Trinajstić information content (AvgIpc) is 2.60. The minimum atomic E-state index is -0.960. The maximum absolute atomic E-state index is 11.0. The smallest absolute Gasteiger partial charge is 0.338 e. The molecule has 5 heteroatoms. The molecule has 0 aliphatic rings. The number of carboxylic acids is 1. The van der Waals surface area contributed by atoms with Gasteiger partial charge in [0.15, 0.2) is 0 Å². The maximum atomic E-state index is 11.0. The highest BCUT2D eigenvalue weighted by molar-refractivity contribution is 6.03. The lowest BCUT2D eigenvalue weighted by atomic mass is 10.0. The molecule has 2 aromatic rings. The molecule has 2 N–H and O–H groups in total. The van der Waals surface area contributed by atoms with Crippen molar-refractivity contribution in [1.82, 2.24) is 15.0 Å². The lowest BCUT2D eigenvalue weighted by molar-refractivity contribution is 0.0699. The number of H-pyrrole nitrogens is 1. The van der Waals surface area contributed by atoms with Gasteiger partial charge in [-0.05, 0) is 5.92 Å². The molecule has 0 aliphatic heterocycles. The summed E-state index contributed by atoms with van der Waals surface area (Å²) in [5, 5.41) is 9.61. The Balaban J connectivity index is 2.80. The highest BCUT2D eigenvalue weighted by atomic mass is 16.4. The third-order valence-electron chi connectivity index (χ3n) is 2.28. The number of nitrogens with one attached hydrogen (secondary N) is 1. The highest BCUT2D eigenvalue weighted by Gasteiger charge is 2.17. The van der Waals surface area contributed by atoms with Crippen molar-refractivity contribution in [3.8, 4) is 0 Å². The molecule has 78 valence electrons. The van der Waals surface area contributed by atoms with E-state index in [2.05, 4.69) is 15.0 Å². The molecular formula is C10H11N3O2. The zero-order valence-electron chi connectivity index (χ0n) is 8.48. The Hall–Kier alpha value is -1.91. The molecule has 0 saturated carbocycles. The van der Waals surface area contributed by atoms with Gasteiger partial charge in [-0.25, -0.2) is 14.8 Å². The van der Waals surface area contributed by atoms with E-state index in [4.69, 9.17) is 5.11 Å². The van der Waals surface area contributed by atoms with Crippen LogP contribution in [-0.2, 0) is 0 Å². The second-order valence-corrected chi connectivity index (χ2v) is 3.64. The molecule has 0 saturated heterocycles. The molecule has 0 atom stereocenters. The first kappa shape index (κ1) is 9.64. The number of fused-ring (bicyclic) bond motifs is 1. The molecule has 0 bridgehead atoms. The summed E-state index contributed by atoms with van der Waals surface area (Å²) in [5.74, 6) is -0.789. The van der Waals surface area contributed by atoms with E-state index in [1.54, 1.807) is 0 Å². The highest BCUT2D eigenvalue weighted by Crippen LogP contribution is 2.24. The van der Waals surface area contributed by atoms with Crippen molar-refractivity contribution in [1.29, 1.82) is 0 Å². The molecule has 0 unspecified atom stereocenters. The summed E-state index contributed by atoms with van der Waals surface area (Å²) in [6, 6.07) is 0. The summed E-state index contributed by atoms with van der Waals surface area (Å²) in [6.45, 7) is 3.95. The predicted octanol–water partition coefficient (Wildman–Crippen LogP) is 1.78. The lowest BCUT2D eigenvalue weighted by Gasteiger charge is -2.05. The Morgan fingerprint density at radius 1 is 1.47 bits per heavy atom. The average molecular weight is 205 g/mol. The Morgan fingerprint density at radius 3 is 2.80 bits per heavy atom. The van der Waals surface area contributed by atoms with Crippen molar-refractivity contribution in [2.24, 2.45) is 0 Å². The lowest BCUT2D eigenvalue weighted by Crippen LogP contribution is -2.00.